The molecule has 0 aliphatic carbocycles. The maximum Gasteiger partial charge on any atom is 0.0778 e. The number of hydrogen-bond acceptors (Lipinski definition) is 0. The number of halogens is 4. The van der Waals surface area contributed by atoms with Crippen LogP contribution in [0.1, 0.15) is 19.8 Å². The third-order valence-electron chi connectivity index (χ3n) is 0.802. The summed E-state index contributed by atoms with van der Waals surface area (Å²) < 4.78 is 0.527. The molecule has 0 aromatic carbocycles. The Morgan fingerprint density at radius 2 is 1.78 bits per heavy atom. The SMILES string of the molecule is CC(Br)(Br)CCC(Br)Br. The zero-order valence-corrected chi connectivity index (χ0v) is 11.3. The molecule has 0 aromatic heterocycles. The van der Waals surface area contributed by atoms with E-state index >= 15 is 0 Å². The van der Waals surface area contributed by atoms with Crippen LogP contribution < -0.4 is 0 Å². The highest BCUT2D eigenvalue weighted by Crippen LogP contribution is 2.32. The molecule has 0 saturated heterocycles. The lowest BCUT2D eigenvalue weighted by molar-refractivity contribution is 0.766. The van der Waals surface area contributed by atoms with Gasteiger partial charge in [0, 0.05) is 0 Å². The fraction of sp³-hybridized carbons (Fsp3) is 1.00. The van der Waals surface area contributed by atoms with Crippen LogP contribution in [0.25, 0.3) is 0 Å². The molecule has 0 bridgehead atoms. The molecule has 0 nitrogen and oxygen atoms in total. The lowest BCUT2D eigenvalue weighted by atomic mass is 10.3. The highest BCUT2D eigenvalue weighted by Gasteiger charge is 2.15. The smallest absolute Gasteiger partial charge is 0.0765 e. The van der Waals surface area contributed by atoms with Gasteiger partial charge in [-0.25, -0.2) is 0 Å². The van der Waals surface area contributed by atoms with Crippen LogP contribution in [0.5, 0.6) is 0 Å². The second-order valence-electron chi connectivity index (χ2n) is 2.00. The van der Waals surface area contributed by atoms with Crippen molar-refractivity contribution in [3.63, 3.8) is 0 Å². The van der Waals surface area contributed by atoms with Crippen molar-refractivity contribution in [3.05, 3.63) is 0 Å². The van der Waals surface area contributed by atoms with E-state index in [0.717, 1.165) is 12.8 Å². The predicted octanol–water partition coefficient (Wildman–Crippen LogP) is 4.39. The van der Waals surface area contributed by atoms with Crippen molar-refractivity contribution in [3.8, 4) is 0 Å². The van der Waals surface area contributed by atoms with Gasteiger partial charge >= 0.3 is 0 Å². The highest BCUT2D eigenvalue weighted by atomic mass is 79.9. The molecular formula is C5H8Br4. The van der Waals surface area contributed by atoms with Crippen molar-refractivity contribution in [2.45, 2.75) is 26.7 Å². The van der Waals surface area contributed by atoms with Crippen molar-refractivity contribution in [2.75, 3.05) is 0 Å². The summed E-state index contributed by atoms with van der Waals surface area (Å²) in [5.41, 5.74) is 0. The monoisotopic (exact) mass is 384 g/mol. The number of hydrogen-bond donors (Lipinski definition) is 0. The van der Waals surface area contributed by atoms with Crippen LogP contribution in [0.4, 0.5) is 0 Å². The molecule has 0 unspecified atom stereocenters. The van der Waals surface area contributed by atoms with Gasteiger partial charge in [-0.1, -0.05) is 63.7 Å². The van der Waals surface area contributed by atoms with E-state index in [1.165, 1.54) is 0 Å². The third kappa shape index (κ3) is 9.92. The van der Waals surface area contributed by atoms with Crippen LogP contribution in [0, 0.1) is 0 Å². The Bertz CT molecular complexity index is 73.5. The number of alkyl halides is 4. The Hall–Kier alpha value is 1.92. The molecule has 0 radical (unpaired) electrons. The molecule has 0 saturated carbocycles. The molecule has 0 aliphatic rings. The first kappa shape index (κ1) is 10.9. The Morgan fingerprint density at radius 1 is 1.33 bits per heavy atom. The molecule has 0 N–H and O–H groups in total. The number of rotatable bonds is 3. The summed E-state index contributed by atoms with van der Waals surface area (Å²) in [4.78, 5) is 0. The molecule has 0 rings (SSSR count). The molecule has 4 heteroatoms. The normalized spacial score (nSPS) is 12.7. The van der Waals surface area contributed by atoms with Crippen molar-refractivity contribution >= 4 is 63.7 Å². The standard InChI is InChI=1S/C5H8Br4/c1-5(8,9)3-2-4(6)7/h4H,2-3H2,1H3. The van der Waals surface area contributed by atoms with E-state index in [1.807, 2.05) is 0 Å². The quantitative estimate of drug-likeness (QED) is 0.630. The van der Waals surface area contributed by atoms with Gasteiger partial charge in [0.15, 0.2) is 0 Å². The third-order valence-corrected chi connectivity index (χ3v) is 2.51. The van der Waals surface area contributed by atoms with Gasteiger partial charge in [0.05, 0.1) is 6.97 Å². The van der Waals surface area contributed by atoms with Crippen LogP contribution in [-0.2, 0) is 0 Å². The molecular weight excluding hydrogens is 380 g/mol. The van der Waals surface area contributed by atoms with Gasteiger partial charge in [-0.05, 0) is 19.8 Å². The first-order valence-corrected chi connectivity index (χ1v) is 5.99. The van der Waals surface area contributed by atoms with E-state index < -0.39 is 0 Å². The zero-order chi connectivity index (χ0) is 7.49. The Labute approximate surface area is 89.7 Å². The maximum atomic E-state index is 3.48. The van der Waals surface area contributed by atoms with Crippen LogP contribution >= 0.6 is 63.7 Å². The van der Waals surface area contributed by atoms with Crippen LogP contribution in [0.15, 0.2) is 0 Å². The predicted molar refractivity (Wildman–Crippen MR) is 57.1 cm³/mol. The molecule has 0 amide bonds. The summed E-state index contributed by atoms with van der Waals surface area (Å²) in [6.45, 7) is 2.09. The maximum absolute atomic E-state index is 3.48. The summed E-state index contributed by atoms with van der Waals surface area (Å²) in [7, 11) is 0. The molecule has 0 spiro atoms. The summed E-state index contributed by atoms with van der Waals surface area (Å²) in [5, 5.41) is 0. The van der Waals surface area contributed by atoms with Crippen molar-refractivity contribution in [2.24, 2.45) is 0 Å². The van der Waals surface area contributed by atoms with E-state index in [2.05, 4.69) is 70.6 Å². The zero-order valence-electron chi connectivity index (χ0n) is 5.00. The van der Waals surface area contributed by atoms with E-state index in [0.29, 0.717) is 3.74 Å². The van der Waals surface area contributed by atoms with Crippen molar-refractivity contribution in [1.29, 1.82) is 0 Å². The van der Waals surface area contributed by atoms with E-state index in [9.17, 15) is 0 Å². The average Bonchev–Trinajstić information content (AvgIpc) is 1.59. The van der Waals surface area contributed by atoms with Gasteiger partial charge in [0.25, 0.3) is 0 Å². The first-order chi connectivity index (χ1) is 3.92. The minimum Gasteiger partial charge on any atom is -0.0765 e. The van der Waals surface area contributed by atoms with Gasteiger partial charge < -0.3 is 0 Å². The minimum absolute atomic E-state index is 0.0970. The molecule has 0 aliphatic heterocycles. The Balaban J connectivity index is 3.28. The Kier molecular flexibility index (Phi) is 5.74. The highest BCUT2D eigenvalue weighted by molar-refractivity contribution is 9.25. The molecule has 9 heavy (non-hydrogen) atoms. The molecule has 56 valence electrons. The van der Waals surface area contributed by atoms with Gasteiger partial charge in [-0.2, -0.15) is 0 Å². The lowest BCUT2D eigenvalue weighted by Gasteiger charge is -2.13. The van der Waals surface area contributed by atoms with Gasteiger partial charge in [-0.15, -0.1) is 0 Å². The summed E-state index contributed by atoms with van der Waals surface area (Å²) in [5.74, 6) is 0. The second kappa shape index (κ2) is 4.73. The molecule has 0 fully saturated rings. The van der Waals surface area contributed by atoms with Crippen LogP contribution in [0.3, 0.4) is 0 Å². The largest absolute Gasteiger partial charge is 0.0778 e. The topological polar surface area (TPSA) is 0 Å². The fourth-order valence-corrected chi connectivity index (χ4v) is 1.28. The van der Waals surface area contributed by atoms with E-state index in [4.69, 9.17) is 0 Å². The van der Waals surface area contributed by atoms with Gasteiger partial charge in [0.2, 0.25) is 0 Å². The van der Waals surface area contributed by atoms with Gasteiger partial charge in [-0.3, -0.25) is 0 Å². The van der Waals surface area contributed by atoms with Crippen molar-refractivity contribution in [1.82, 2.24) is 0 Å². The van der Waals surface area contributed by atoms with Crippen LogP contribution in [0.2, 0.25) is 0 Å². The molecule has 0 aromatic rings. The average molecular weight is 388 g/mol. The summed E-state index contributed by atoms with van der Waals surface area (Å²) >= 11 is 13.8. The first-order valence-electron chi connectivity index (χ1n) is 2.58. The Morgan fingerprint density at radius 3 is 1.89 bits per heavy atom. The fourth-order valence-electron chi connectivity index (χ4n) is 0.363. The molecule has 0 heterocycles. The second-order valence-corrected chi connectivity index (χ2v) is 10.0. The van der Waals surface area contributed by atoms with Crippen LogP contribution in [-0.4, -0.2) is 6.97 Å². The summed E-state index contributed by atoms with van der Waals surface area (Å²) in [6, 6.07) is 0. The minimum atomic E-state index is 0.0970. The lowest BCUT2D eigenvalue weighted by Crippen LogP contribution is -2.05. The van der Waals surface area contributed by atoms with E-state index in [-0.39, 0.29) is 3.23 Å². The van der Waals surface area contributed by atoms with Gasteiger partial charge in [0.1, 0.15) is 0 Å². The summed E-state index contributed by atoms with van der Waals surface area (Å²) in [6.07, 6.45) is 2.20. The van der Waals surface area contributed by atoms with E-state index in [1.54, 1.807) is 0 Å². The molecule has 0 atom stereocenters. The van der Waals surface area contributed by atoms with Crippen molar-refractivity contribution < 1.29 is 0 Å².